The number of rotatable bonds is 1. The molecule has 1 aromatic heterocycles. The van der Waals surface area contributed by atoms with Crippen LogP contribution in [-0.4, -0.2) is 57.6 Å². The fourth-order valence-electron chi connectivity index (χ4n) is 2.90. The van der Waals surface area contributed by atoms with Crippen LogP contribution in [0.5, 0.6) is 0 Å². The molecule has 2 amide bonds. The predicted molar refractivity (Wildman–Crippen MR) is 91.9 cm³/mol. The van der Waals surface area contributed by atoms with Crippen LogP contribution in [0.2, 0.25) is 10.2 Å². The fourth-order valence-corrected chi connectivity index (χ4v) is 3.42. The van der Waals surface area contributed by atoms with Crippen LogP contribution >= 0.6 is 23.2 Å². The Kier molecular flexibility index (Phi) is 4.51. The average molecular weight is 368 g/mol. The summed E-state index contributed by atoms with van der Waals surface area (Å²) in [6.07, 6.45) is -0.964. The van der Waals surface area contributed by atoms with Crippen LogP contribution in [0.4, 0.5) is 4.79 Å². The second kappa shape index (κ2) is 6.45. The molecule has 1 unspecified atom stereocenters. The first-order valence-corrected chi connectivity index (χ1v) is 8.17. The van der Waals surface area contributed by atoms with Gasteiger partial charge in [-0.3, -0.25) is 4.79 Å². The Bertz CT molecular complexity index is 828. The van der Waals surface area contributed by atoms with Crippen LogP contribution < -0.4 is 0 Å². The summed E-state index contributed by atoms with van der Waals surface area (Å²) in [5, 5.41) is 10.6. The number of amides is 2. The van der Waals surface area contributed by atoms with E-state index in [2.05, 4.69) is 4.98 Å². The van der Waals surface area contributed by atoms with E-state index < -0.39 is 6.09 Å². The maximum absolute atomic E-state index is 12.7. The van der Waals surface area contributed by atoms with Crippen molar-refractivity contribution in [2.75, 3.05) is 19.6 Å². The van der Waals surface area contributed by atoms with Gasteiger partial charge in [-0.1, -0.05) is 29.3 Å². The number of hydrogen-bond acceptors (Lipinski definition) is 3. The molecule has 24 heavy (non-hydrogen) atoms. The highest BCUT2D eigenvalue weighted by atomic mass is 35.5. The maximum atomic E-state index is 12.7. The minimum absolute atomic E-state index is 0.160. The summed E-state index contributed by atoms with van der Waals surface area (Å²) in [5.74, 6) is -0.160. The van der Waals surface area contributed by atoms with Crippen molar-refractivity contribution in [1.82, 2.24) is 14.8 Å². The van der Waals surface area contributed by atoms with Crippen LogP contribution in [0.15, 0.2) is 24.3 Å². The molecule has 1 aliphatic heterocycles. The number of fused-ring (bicyclic) bond motifs is 1. The molecule has 0 spiro atoms. The predicted octanol–water partition coefficient (Wildman–Crippen LogP) is 3.37. The molecule has 8 heteroatoms. The van der Waals surface area contributed by atoms with Crippen molar-refractivity contribution >= 4 is 46.1 Å². The van der Waals surface area contributed by atoms with Gasteiger partial charge in [-0.25, -0.2) is 9.78 Å². The number of hydrogen-bond donors (Lipinski definition) is 1. The number of pyridine rings is 1. The first kappa shape index (κ1) is 16.8. The molecule has 0 aliphatic carbocycles. The lowest BCUT2D eigenvalue weighted by Gasteiger charge is -2.38. The first-order chi connectivity index (χ1) is 11.4. The third kappa shape index (κ3) is 3.12. The van der Waals surface area contributed by atoms with Gasteiger partial charge in [-0.05, 0) is 25.1 Å². The minimum Gasteiger partial charge on any atom is -0.465 e. The van der Waals surface area contributed by atoms with Crippen molar-refractivity contribution < 1.29 is 14.7 Å². The normalized spacial score (nSPS) is 18.0. The molecule has 0 radical (unpaired) electrons. The molecule has 126 valence electrons. The van der Waals surface area contributed by atoms with Crippen molar-refractivity contribution in [1.29, 1.82) is 0 Å². The molecule has 1 saturated heterocycles. The lowest BCUT2D eigenvalue weighted by atomic mass is 10.1. The average Bonchev–Trinajstić information content (AvgIpc) is 2.52. The van der Waals surface area contributed by atoms with E-state index in [1.54, 1.807) is 36.1 Å². The number of nitrogens with zero attached hydrogens (tertiary/aromatic N) is 3. The highest BCUT2D eigenvalue weighted by Gasteiger charge is 2.30. The van der Waals surface area contributed by atoms with E-state index in [-0.39, 0.29) is 17.1 Å². The summed E-state index contributed by atoms with van der Waals surface area (Å²) in [6, 6.07) is 6.40. The van der Waals surface area contributed by atoms with Crippen LogP contribution in [0.3, 0.4) is 0 Å². The smallest absolute Gasteiger partial charge is 0.407 e. The second-order valence-electron chi connectivity index (χ2n) is 5.73. The zero-order chi connectivity index (χ0) is 17.4. The Morgan fingerprint density at radius 3 is 2.67 bits per heavy atom. The Balaban J connectivity index is 1.85. The first-order valence-electron chi connectivity index (χ1n) is 7.41. The number of carbonyl (C=O) groups excluding carboxylic acids is 1. The number of aromatic nitrogens is 1. The number of carbonyl (C=O) groups is 2. The van der Waals surface area contributed by atoms with Crippen LogP contribution in [0.25, 0.3) is 10.9 Å². The molecule has 6 nitrogen and oxygen atoms in total. The van der Waals surface area contributed by atoms with Gasteiger partial charge < -0.3 is 14.9 Å². The summed E-state index contributed by atoms with van der Waals surface area (Å²) in [6.45, 7) is 2.80. The van der Waals surface area contributed by atoms with Crippen LogP contribution in [0.1, 0.15) is 17.3 Å². The van der Waals surface area contributed by atoms with Gasteiger partial charge in [-0.2, -0.15) is 0 Å². The summed E-state index contributed by atoms with van der Waals surface area (Å²) >= 11 is 12.0. The van der Waals surface area contributed by atoms with Crippen molar-refractivity contribution in [3.05, 3.63) is 40.0 Å². The summed E-state index contributed by atoms with van der Waals surface area (Å²) in [7, 11) is 0. The molecule has 2 aromatic rings. The lowest BCUT2D eigenvalue weighted by Crippen LogP contribution is -2.55. The largest absolute Gasteiger partial charge is 0.465 e. The van der Waals surface area contributed by atoms with Gasteiger partial charge in [0.1, 0.15) is 5.15 Å². The number of benzene rings is 1. The Hall–Kier alpha value is -2.05. The molecule has 0 saturated carbocycles. The van der Waals surface area contributed by atoms with Crippen molar-refractivity contribution in [2.45, 2.75) is 13.0 Å². The molecule has 0 bridgehead atoms. The standard InChI is InChI=1S/C16H15Cl2N3O3/c1-9-8-20(4-5-21(9)16(23)24)15(22)10-2-3-11-12(17)7-14(18)19-13(11)6-10/h2-3,6-7,9H,4-5,8H2,1H3,(H,23,24). The van der Waals surface area contributed by atoms with E-state index in [4.69, 9.17) is 28.3 Å². The quantitative estimate of drug-likeness (QED) is 0.784. The van der Waals surface area contributed by atoms with Crippen molar-refractivity contribution in [3.8, 4) is 0 Å². The minimum atomic E-state index is -0.964. The molecule has 1 N–H and O–H groups in total. The third-order valence-corrected chi connectivity index (χ3v) is 4.64. The van der Waals surface area contributed by atoms with Gasteiger partial charge >= 0.3 is 6.09 Å². The Morgan fingerprint density at radius 1 is 1.25 bits per heavy atom. The molecule has 1 aliphatic rings. The van der Waals surface area contributed by atoms with E-state index >= 15 is 0 Å². The molecular weight excluding hydrogens is 353 g/mol. The van der Waals surface area contributed by atoms with Gasteiger partial charge in [0.05, 0.1) is 10.5 Å². The topological polar surface area (TPSA) is 73.7 Å². The monoisotopic (exact) mass is 367 g/mol. The molecule has 1 fully saturated rings. The molecule has 2 heterocycles. The number of piperazine rings is 1. The van der Waals surface area contributed by atoms with Gasteiger partial charge in [0.2, 0.25) is 0 Å². The number of halogens is 2. The Labute approximate surface area is 148 Å². The summed E-state index contributed by atoms with van der Waals surface area (Å²) in [5.41, 5.74) is 1.03. The van der Waals surface area contributed by atoms with Crippen molar-refractivity contribution in [3.63, 3.8) is 0 Å². The van der Waals surface area contributed by atoms with E-state index in [1.165, 1.54) is 4.90 Å². The van der Waals surface area contributed by atoms with Gasteiger partial charge in [0, 0.05) is 36.6 Å². The zero-order valence-corrected chi connectivity index (χ0v) is 14.4. The summed E-state index contributed by atoms with van der Waals surface area (Å²) in [4.78, 5) is 31.0. The van der Waals surface area contributed by atoms with Gasteiger partial charge in [0.25, 0.3) is 5.91 Å². The zero-order valence-electron chi connectivity index (χ0n) is 12.9. The SMILES string of the molecule is CC1CN(C(=O)c2ccc3c(Cl)cc(Cl)nc3c2)CCN1C(=O)O. The van der Waals surface area contributed by atoms with Crippen molar-refractivity contribution in [2.24, 2.45) is 0 Å². The molecular formula is C16H15Cl2N3O3. The van der Waals surface area contributed by atoms with E-state index in [0.29, 0.717) is 35.7 Å². The lowest BCUT2D eigenvalue weighted by molar-refractivity contribution is 0.0507. The van der Waals surface area contributed by atoms with Gasteiger partial charge in [0.15, 0.2) is 0 Å². The highest BCUT2D eigenvalue weighted by molar-refractivity contribution is 6.37. The molecule has 1 atom stereocenters. The molecule has 3 rings (SSSR count). The van der Waals surface area contributed by atoms with Gasteiger partial charge in [-0.15, -0.1) is 0 Å². The number of carboxylic acid groups (broad SMARTS) is 1. The Morgan fingerprint density at radius 2 is 2.00 bits per heavy atom. The highest BCUT2D eigenvalue weighted by Crippen LogP contribution is 2.26. The molecule has 1 aromatic carbocycles. The van der Waals surface area contributed by atoms with E-state index in [1.807, 2.05) is 0 Å². The third-order valence-electron chi connectivity index (χ3n) is 4.14. The summed E-state index contributed by atoms with van der Waals surface area (Å²) < 4.78 is 0. The van der Waals surface area contributed by atoms with E-state index in [0.717, 1.165) is 5.39 Å². The second-order valence-corrected chi connectivity index (χ2v) is 6.53. The van der Waals surface area contributed by atoms with E-state index in [9.17, 15) is 9.59 Å². The fraction of sp³-hybridized carbons (Fsp3) is 0.312. The van der Waals surface area contributed by atoms with Crippen LogP contribution in [0, 0.1) is 0 Å². The van der Waals surface area contributed by atoms with Crippen LogP contribution in [-0.2, 0) is 0 Å². The maximum Gasteiger partial charge on any atom is 0.407 e.